The van der Waals surface area contributed by atoms with Crippen LogP contribution >= 0.6 is 0 Å². The van der Waals surface area contributed by atoms with Crippen molar-refractivity contribution in [3.8, 4) is 0 Å². The first-order valence-corrected chi connectivity index (χ1v) is 8.68. The van der Waals surface area contributed by atoms with Crippen LogP contribution in [0, 0.1) is 0 Å². The minimum Gasteiger partial charge on any atom is -0.357 e. The predicted molar refractivity (Wildman–Crippen MR) is 85.6 cm³/mol. The van der Waals surface area contributed by atoms with Crippen molar-refractivity contribution < 1.29 is 9.47 Å². The summed E-state index contributed by atoms with van der Waals surface area (Å²) in [7, 11) is -0.615. The van der Waals surface area contributed by atoms with E-state index >= 15 is 0 Å². The van der Waals surface area contributed by atoms with Gasteiger partial charge in [-0.1, -0.05) is 55.5 Å². The molecule has 1 rings (SSSR count). The van der Waals surface area contributed by atoms with E-state index < -0.39 is 9.52 Å². The first kappa shape index (κ1) is 16.2. The van der Waals surface area contributed by atoms with Crippen LogP contribution in [0.4, 0.5) is 0 Å². The molecule has 3 heteroatoms. The molecule has 2 nitrogen and oxygen atoms in total. The Morgan fingerprint density at radius 3 is 2.26 bits per heavy atom. The second-order valence-electron chi connectivity index (χ2n) is 4.81. The van der Waals surface area contributed by atoms with Gasteiger partial charge in [0.05, 0.1) is 0 Å². The molecule has 106 valence electrons. The molecule has 19 heavy (non-hydrogen) atoms. The SMILES string of the molecule is C=C(C)c1ccccc1[SiH2]C(OCCC)OCCC. The smallest absolute Gasteiger partial charge is 0.139 e. The van der Waals surface area contributed by atoms with Crippen LogP contribution in [-0.2, 0) is 9.47 Å². The maximum atomic E-state index is 5.84. The third-order valence-corrected chi connectivity index (χ3v) is 4.74. The summed E-state index contributed by atoms with van der Waals surface area (Å²) in [5.41, 5.74) is 2.38. The molecule has 0 N–H and O–H groups in total. The van der Waals surface area contributed by atoms with E-state index in [1.807, 2.05) is 0 Å². The van der Waals surface area contributed by atoms with Crippen molar-refractivity contribution in [1.29, 1.82) is 0 Å². The van der Waals surface area contributed by atoms with Gasteiger partial charge in [0, 0.05) is 13.2 Å². The Morgan fingerprint density at radius 2 is 1.74 bits per heavy atom. The standard InChI is InChI=1S/C16H26O2Si/c1-5-11-17-16(18-12-6-2)19-15-10-8-7-9-14(15)13(3)4/h7-10,16H,3,5-6,11-12,19H2,1-2,4H3. The van der Waals surface area contributed by atoms with Crippen LogP contribution in [0.15, 0.2) is 30.8 Å². The normalized spacial score (nSPS) is 11.6. The minimum absolute atomic E-state index is 0.0135. The van der Waals surface area contributed by atoms with Gasteiger partial charge in [-0.05, 0) is 25.3 Å². The first-order chi connectivity index (χ1) is 9.19. The minimum atomic E-state index is -0.615. The molecular formula is C16H26O2Si. The zero-order valence-corrected chi connectivity index (χ0v) is 13.9. The summed E-state index contributed by atoms with van der Waals surface area (Å²) in [6.45, 7) is 11.9. The van der Waals surface area contributed by atoms with Crippen molar-refractivity contribution in [3.05, 3.63) is 36.4 Å². The Balaban J connectivity index is 2.74. The third kappa shape index (κ3) is 5.72. The van der Waals surface area contributed by atoms with Gasteiger partial charge < -0.3 is 9.47 Å². The van der Waals surface area contributed by atoms with Crippen LogP contribution in [0.3, 0.4) is 0 Å². The van der Waals surface area contributed by atoms with E-state index in [4.69, 9.17) is 9.47 Å². The van der Waals surface area contributed by atoms with Crippen molar-refractivity contribution >= 4 is 20.3 Å². The quantitative estimate of drug-likeness (QED) is 0.511. The van der Waals surface area contributed by atoms with Crippen LogP contribution in [-0.4, -0.2) is 28.6 Å². The summed E-state index contributed by atoms with van der Waals surface area (Å²) >= 11 is 0. The Morgan fingerprint density at radius 1 is 1.16 bits per heavy atom. The summed E-state index contributed by atoms with van der Waals surface area (Å²) in [6, 6.07) is 8.48. The Labute approximate surface area is 119 Å². The summed E-state index contributed by atoms with van der Waals surface area (Å²) in [5, 5.41) is 1.38. The van der Waals surface area contributed by atoms with Gasteiger partial charge in [-0.25, -0.2) is 0 Å². The lowest BCUT2D eigenvalue weighted by molar-refractivity contribution is -0.0894. The van der Waals surface area contributed by atoms with Crippen LogP contribution in [0.1, 0.15) is 39.2 Å². The monoisotopic (exact) mass is 278 g/mol. The Kier molecular flexibility index (Phi) is 7.71. The molecule has 0 aliphatic heterocycles. The molecule has 0 aliphatic rings. The highest BCUT2D eigenvalue weighted by Crippen LogP contribution is 2.09. The first-order valence-electron chi connectivity index (χ1n) is 7.16. The molecule has 0 aromatic heterocycles. The van der Waals surface area contributed by atoms with E-state index in [0.717, 1.165) is 31.6 Å². The molecule has 0 aliphatic carbocycles. The molecule has 0 heterocycles. The lowest BCUT2D eigenvalue weighted by Crippen LogP contribution is -2.35. The summed E-state index contributed by atoms with van der Waals surface area (Å²) < 4.78 is 11.7. The van der Waals surface area contributed by atoms with Crippen molar-refractivity contribution in [3.63, 3.8) is 0 Å². The molecule has 0 amide bonds. The van der Waals surface area contributed by atoms with E-state index in [9.17, 15) is 0 Å². The Hall–Kier alpha value is -0.903. The summed E-state index contributed by atoms with van der Waals surface area (Å²) in [5.74, 6) is -0.0135. The maximum absolute atomic E-state index is 5.84. The molecule has 1 aromatic carbocycles. The van der Waals surface area contributed by atoms with Gasteiger partial charge in [0.15, 0.2) is 0 Å². The summed E-state index contributed by atoms with van der Waals surface area (Å²) in [6.07, 6.45) is 2.06. The van der Waals surface area contributed by atoms with Gasteiger partial charge in [0.2, 0.25) is 0 Å². The number of ether oxygens (including phenoxy) is 2. The van der Waals surface area contributed by atoms with E-state index in [2.05, 4.69) is 51.6 Å². The second kappa shape index (κ2) is 9.07. The van der Waals surface area contributed by atoms with Crippen LogP contribution in [0.5, 0.6) is 0 Å². The molecule has 0 fully saturated rings. The molecular weight excluding hydrogens is 252 g/mol. The maximum Gasteiger partial charge on any atom is 0.139 e. The van der Waals surface area contributed by atoms with E-state index in [-0.39, 0.29) is 5.91 Å². The number of hydrogen-bond acceptors (Lipinski definition) is 2. The van der Waals surface area contributed by atoms with Gasteiger partial charge in [0.1, 0.15) is 15.4 Å². The number of rotatable bonds is 9. The molecule has 0 spiro atoms. The molecule has 0 bridgehead atoms. The highest BCUT2D eigenvalue weighted by molar-refractivity contribution is 6.55. The van der Waals surface area contributed by atoms with E-state index in [1.165, 1.54) is 10.8 Å². The fourth-order valence-electron chi connectivity index (χ4n) is 1.96. The Bertz CT molecular complexity index is 382. The second-order valence-corrected chi connectivity index (χ2v) is 6.65. The van der Waals surface area contributed by atoms with Crippen LogP contribution < -0.4 is 5.19 Å². The zero-order valence-electron chi connectivity index (χ0n) is 12.4. The van der Waals surface area contributed by atoms with Crippen molar-refractivity contribution in [2.24, 2.45) is 0 Å². The molecule has 0 atom stereocenters. The third-order valence-electron chi connectivity index (χ3n) is 2.88. The number of allylic oxidation sites excluding steroid dienone is 1. The molecule has 0 saturated heterocycles. The van der Waals surface area contributed by atoms with Gasteiger partial charge >= 0.3 is 0 Å². The fourth-order valence-corrected chi connectivity index (χ4v) is 3.80. The highest BCUT2D eigenvalue weighted by Gasteiger charge is 2.13. The van der Waals surface area contributed by atoms with Gasteiger partial charge in [-0.15, -0.1) is 0 Å². The molecule has 0 unspecified atom stereocenters. The average molecular weight is 278 g/mol. The van der Waals surface area contributed by atoms with Gasteiger partial charge in [0.25, 0.3) is 0 Å². The lowest BCUT2D eigenvalue weighted by atomic mass is 10.1. The topological polar surface area (TPSA) is 18.5 Å². The van der Waals surface area contributed by atoms with E-state index in [0.29, 0.717) is 0 Å². The van der Waals surface area contributed by atoms with Gasteiger partial charge in [-0.3, -0.25) is 0 Å². The fraction of sp³-hybridized carbons (Fsp3) is 0.500. The number of hydrogen-bond donors (Lipinski definition) is 0. The van der Waals surface area contributed by atoms with Crippen LogP contribution in [0.25, 0.3) is 5.57 Å². The highest BCUT2D eigenvalue weighted by atomic mass is 28.2. The molecule has 0 radical (unpaired) electrons. The lowest BCUT2D eigenvalue weighted by Gasteiger charge is -2.19. The molecule has 1 aromatic rings. The van der Waals surface area contributed by atoms with Crippen molar-refractivity contribution in [2.45, 2.75) is 39.5 Å². The van der Waals surface area contributed by atoms with Crippen LogP contribution in [0.2, 0.25) is 0 Å². The largest absolute Gasteiger partial charge is 0.357 e. The van der Waals surface area contributed by atoms with Crippen molar-refractivity contribution in [2.75, 3.05) is 13.2 Å². The zero-order chi connectivity index (χ0) is 14.1. The number of benzene rings is 1. The predicted octanol–water partition coefficient (Wildman–Crippen LogP) is 2.65. The summed E-state index contributed by atoms with van der Waals surface area (Å²) in [4.78, 5) is 0. The van der Waals surface area contributed by atoms with Crippen molar-refractivity contribution in [1.82, 2.24) is 0 Å². The van der Waals surface area contributed by atoms with Gasteiger partial charge in [-0.2, -0.15) is 0 Å². The average Bonchev–Trinajstić information content (AvgIpc) is 2.42. The molecule has 0 saturated carbocycles. The van der Waals surface area contributed by atoms with E-state index in [1.54, 1.807) is 0 Å².